The fourth-order valence-corrected chi connectivity index (χ4v) is 2.08. The number of carbonyl (C=O) groups excluding carboxylic acids is 1. The summed E-state index contributed by atoms with van der Waals surface area (Å²) in [7, 11) is 5.31. The Morgan fingerprint density at radius 2 is 2.28 bits per heavy atom. The third-order valence-corrected chi connectivity index (χ3v) is 3.14. The molecule has 0 aliphatic carbocycles. The lowest BCUT2D eigenvalue weighted by Gasteiger charge is -2.19. The molecular formula is C12H18N4O2. The third kappa shape index (κ3) is 2.52. The Morgan fingerprint density at radius 1 is 1.50 bits per heavy atom. The van der Waals surface area contributed by atoms with Crippen LogP contribution >= 0.6 is 0 Å². The first-order valence-electron chi connectivity index (χ1n) is 5.94. The molecule has 98 valence electrons. The lowest BCUT2D eigenvalue weighted by Crippen LogP contribution is -2.24. The van der Waals surface area contributed by atoms with Gasteiger partial charge in [-0.15, -0.1) is 0 Å². The van der Waals surface area contributed by atoms with Crippen LogP contribution in [0, 0.1) is 5.92 Å². The molecule has 18 heavy (non-hydrogen) atoms. The second-order valence-corrected chi connectivity index (χ2v) is 4.58. The number of carbonyl (C=O) groups is 1. The van der Waals surface area contributed by atoms with Gasteiger partial charge in [0.1, 0.15) is 18.0 Å². The van der Waals surface area contributed by atoms with E-state index in [2.05, 4.69) is 14.9 Å². The number of hydrogen-bond acceptors (Lipinski definition) is 6. The van der Waals surface area contributed by atoms with Gasteiger partial charge in [0, 0.05) is 33.3 Å². The minimum atomic E-state index is -0.139. The molecule has 1 aliphatic heterocycles. The zero-order chi connectivity index (χ0) is 13.1. The first kappa shape index (κ1) is 12.6. The molecule has 1 saturated heterocycles. The molecule has 0 saturated carbocycles. The molecule has 1 aromatic heterocycles. The van der Waals surface area contributed by atoms with Gasteiger partial charge in [0.25, 0.3) is 0 Å². The minimum Gasteiger partial charge on any atom is -0.469 e. The summed E-state index contributed by atoms with van der Waals surface area (Å²) in [5.41, 5.74) is 0. The summed E-state index contributed by atoms with van der Waals surface area (Å²) in [6, 6.07) is 1.93. The second kappa shape index (κ2) is 5.20. The van der Waals surface area contributed by atoms with Crippen molar-refractivity contribution in [3.05, 3.63) is 12.4 Å². The number of hydrogen-bond donors (Lipinski definition) is 0. The van der Waals surface area contributed by atoms with Crippen LogP contribution in [-0.4, -0.2) is 50.2 Å². The predicted molar refractivity (Wildman–Crippen MR) is 68.7 cm³/mol. The van der Waals surface area contributed by atoms with Crippen LogP contribution < -0.4 is 9.80 Å². The van der Waals surface area contributed by atoms with E-state index in [1.807, 2.05) is 25.1 Å². The topological polar surface area (TPSA) is 58.6 Å². The Bertz CT molecular complexity index is 436. The third-order valence-electron chi connectivity index (χ3n) is 3.14. The normalized spacial score (nSPS) is 18.8. The van der Waals surface area contributed by atoms with E-state index in [9.17, 15) is 4.79 Å². The van der Waals surface area contributed by atoms with Gasteiger partial charge in [0.05, 0.1) is 13.0 Å². The Kier molecular flexibility index (Phi) is 3.64. The molecule has 2 rings (SSSR count). The summed E-state index contributed by atoms with van der Waals surface area (Å²) in [5.74, 6) is 1.54. The number of esters is 1. The van der Waals surface area contributed by atoms with Gasteiger partial charge in [-0.3, -0.25) is 4.79 Å². The fraction of sp³-hybridized carbons (Fsp3) is 0.583. The molecule has 0 amide bonds. The van der Waals surface area contributed by atoms with Gasteiger partial charge in [0.15, 0.2) is 0 Å². The minimum absolute atomic E-state index is 0.0484. The molecule has 1 fully saturated rings. The van der Waals surface area contributed by atoms with Crippen LogP contribution in [0.4, 0.5) is 11.6 Å². The molecule has 2 heterocycles. The molecule has 6 heteroatoms. The van der Waals surface area contributed by atoms with E-state index >= 15 is 0 Å². The maximum absolute atomic E-state index is 11.5. The molecule has 0 spiro atoms. The number of methoxy groups -OCH3 is 1. The highest BCUT2D eigenvalue weighted by Crippen LogP contribution is 2.24. The monoisotopic (exact) mass is 250 g/mol. The summed E-state index contributed by atoms with van der Waals surface area (Å²) in [6.07, 6.45) is 2.37. The number of rotatable bonds is 3. The standard InChI is InChI=1S/C12H18N4O2/c1-15(2)10-6-11(14-8-13-10)16-5-4-9(7-16)12(17)18-3/h6,8-9H,4-5,7H2,1-3H3. The summed E-state index contributed by atoms with van der Waals surface area (Å²) < 4.78 is 4.77. The van der Waals surface area contributed by atoms with Gasteiger partial charge >= 0.3 is 5.97 Å². The van der Waals surface area contributed by atoms with E-state index in [4.69, 9.17) is 4.74 Å². The molecule has 1 unspecified atom stereocenters. The number of aromatic nitrogens is 2. The van der Waals surface area contributed by atoms with Crippen molar-refractivity contribution < 1.29 is 9.53 Å². The SMILES string of the molecule is COC(=O)C1CCN(c2cc(N(C)C)ncn2)C1. The Labute approximate surface area is 107 Å². The van der Waals surface area contributed by atoms with E-state index in [0.29, 0.717) is 6.54 Å². The van der Waals surface area contributed by atoms with Gasteiger partial charge in [-0.1, -0.05) is 0 Å². The van der Waals surface area contributed by atoms with Crippen molar-refractivity contribution >= 4 is 17.6 Å². The Hall–Kier alpha value is -1.85. The molecule has 1 aliphatic rings. The summed E-state index contributed by atoms with van der Waals surface area (Å²) in [4.78, 5) is 23.9. The maximum Gasteiger partial charge on any atom is 0.310 e. The Balaban J connectivity index is 2.09. The van der Waals surface area contributed by atoms with E-state index in [0.717, 1.165) is 24.6 Å². The van der Waals surface area contributed by atoms with Gasteiger partial charge in [-0.05, 0) is 6.42 Å². The number of anilines is 2. The first-order valence-corrected chi connectivity index (χ1v) is 5.94. The molecule has 6 nitrogen and oxygen atoms in total. The van der Waals surface area contributed by atoms with Crippen LogP contribution in [0.15, 0.2) is 12.4 Å². The van der Waals surface area contributed by atoms with E-state index in [1.54, 1.807) is 6.33 Å². The van der Waals surface area contributed by atoms with Gasteiger partial charge in [0.2, 0.25) is 0 Å². The average Bonchev–Trinajstić information content (AvgIpc) is 2.87. The fourth-order valence-electron chi connectivity index (χ4n) is 2.08. The highest BCUT2D eigenvalue weighted by molar-refractivity contribution is 5.74. The van der Waals surface area contributed by atoms with Crippen LogP contribution in [0.25, 0.3) is 0 Å². The van der Waals surface area contributed by atoms with E-state index in [-0.39, 0.29) is 11.9 Å². The smallest absolute Gasteiger partial charge is 0.310 e. The van der Waals surface area contributed by atoms with E-state index < -0.39 is 0 Å². The number of nitrogens with zero attached hydrogens (tertiary/aromatic N) is 4. The largest absolute Gasteiger partial charge is 0.469 e. The Morgan fingerprint density at radius 3 is 2.94 bits per heavy atom. The van der Waals surface area contributed by atoms with Gasteiger partial charge in [-0.25, -0.2) is 9.97 Å². The molecule has 0 radical (unpaired) electrons. The van der Waals surface area contributed by atoms with Crippen molar-refractivity contribution in [2.75, 3.05) is 44.1 Å². The van der Waals surface area contributed by atoms with Crippen LogP contribution in [-0.2, 0) is 9.53 Å². The lowest BCUT2D eigenvalue weighted by molar-refractivity contribution is -0.144. The van der Waals surface area contributed by atoms with Crippen LogP contribution in [0.5, 0.6) is 0 Å². The van der Waals surface area contributed by atoms with Crippen LogP contribution in [0.3, 0.4) is 0 Å². The zero-order valence-electron chi connectivity index (χ0n) is 11.0. The quantitative estimate of drug-likeness (QED) is 0.730. The molecule has 1 aromatic rings. The zero-order valence-corrected chi connectivity index (χ0v) is 11.0. The van der Waals surface area contributed by atoms with Crippen molar-refractivity contribution in [1.29, 1.82) is 0 Å². The molecular weight excluding hydrogens is 232 g/mol. The maximum atomic E-state index is 11.5. The average molecular weight is 250 g/mol. The van der Waals surface area contributed by atoms with Gasteiger partial charge in [-0.2, -0.15) is 0 Å². The molecule has 0 aromatic carbocycles. The molecule has 0 N–H and O–H groups in total. The first-order chi connectivity index (χ1) is 8.61. The summed E-state index contributed by atoms with van der Waals surface area (Å²) in [5, 5.41) is 0. The van der Waals surface area contributed by atoms with Crippen LogP contribution in [0.2, 0.25) is 0 Å². The van der Waals surface area contributed by atoms with E-state index in [1.165, 1.54) is 7.11 Å². The van der Waals surface area contributed by atoms with Crippen molar-refractivity contribution in [3.8, 4) is 0 Å². The summed E-state index contributed by atoms with van der Waals surface area (Å²) >= 11 is 0. The van der Waals surface area contributed by atoms with Crippen molar-refractivity contribution in [3.63, 3.8) is 0 Å². The predicted octanol–water partition coefficient (Wildman–Crippen LogP) is 0.542. The highest BCUT2D eigenvalue weighted by atomic mass is 16.5. The molecule has 1 atom stereocenters. The van der Waals surface area contributed by atoms with Crippen LogP contribution in [0.1, 0.15) is 6.42 Å². The van der Waals surface area contributed by atoms with Crippen molar-refractivity contribution in [1.82, 2.24) is 9.97 Å². The van der Waals surface area contributed by atoms with Gasteiger partial charge < -0.3 is 14.5 Å². The molecule has 0 bridgehead atoms. The highest BCUT2D eigenvalue weighted by Gasteiger charge is 2.29. The van der Waals surface area contributed by atoms with Crippen molar-refractivity contribution in [2.24, 2.45) is 5.92 Å². The number of ether oxygens (including phenoxy) is 1. The lowest BCUT2D eigenvalue weighted by atomic mass is 10.1. The second-order valence-electron chi connectivity index (χ2n) is 4.58. The van der Waals surface area contributed by atoms with Crippen molar-refractivity contribution in [2.45, 2.75) is 6.42 Å². The summed E-state index contributed by atoms with van der Waals surface area (Å²) in [6.45, 7) is 1.49.